The van der Waals surface area contributed by atoms with Gasteiger partial charge in [-0.25, -0.2) is 4.79 Å². The van der Waals surface area contributed by atoms with Gasteiger partial charge in [0.2, 0.25) is 0 Å². The lowest BCUT2D eigenvalue weighted by Crippen LogP contribution is -2.51. The average Bonchev–Trinajstić information content (AvgIpc) is 2.38. The molecule has 0 aromatic heterocycles. The van der Waals surface area contributed by atoms with E-state index in [0.29, 0.717) is 0 Å². The molecule has 0 rings (SSSR count). The zero-order chi connectivity index (χ0) is 15.8. The molecule has 2 unspecified atom stereocenters. The Morgan fingerprint density at radius 2 is 1.50 bits per heavy atom. The third-order valence-corrected chi connectivity index (χ3v) is 2.70. The second-order valence-corrected chi connectivity index (χ2v) is 4.10. The quantitative estimate of drug-likeness (QED) is 0.511. The van der Waals surface area contributed by atoms with E-state index in [4.69, 9.17) is 14.2 Å². The van der Waals surface area contributed by atoms with Gasteiger partial charge in [-0.05, 0) is 27.7 Å². The Kier molecular flexibility index (Phi) is 7.83. The van der Waals surface area contributed by atoms with Crippen LogP contribution in [0.4, 0.5) is 0 Å². The molecule has 0 aliphatic carbocycles. The van der Waals surface area contributed by atoms with Gasteiger partial charge in [-0.2, -0.15) is 0 Å². The Morgan fingerprint density at radius 3 is 1.95 bits per heavy atom. The summed E-state index contributed by atoms with van der Waals surface area (Å²) in [4.78, 5) is 35.1. The van der Waals surface area contributed by atoms with Gasteiger partial charge >= 0.3 is 17.9 Å². The van der Waals surface area contributed by atoms with Crippen LogP contribution in [0.25, 0.3) is 0 Å². The van der Waals surface area contributed by atoms with Gasteiger partial charge in [-0.1, -0.05) is 0 Å². The number of carbonyl (C=O) groups excluding carboxylic acids is 3. The van der Waals surface area contributed by atoms with Crippen molar-refractivity contribution in [1.29, 1.82) is 0 Å². The van der Waals surface area contributed by atoms with Crippen LogP contribution < -0.4 is 0 Å². The van der Waals surface area contributed by atoms with E-state index in [1.807, 2.05) is 0 Å². The highest BCUT2D eigenvalue weighted by Gasteiger charge is 2.49. The number of aliphatic hydroxyl groups is 1. The van der Waals surface area contributed by atoms with Crippen LogP contribution in [0.5, 0.6) is 0 Å². The van der Waals surface area contributed by atoms with Crippen LogP contribution in [0.15, 0.2) is 0 Å². The smallest absolute Gasteiger partial charge is 0.339 e. The minimum Gasteiger partial charge on any atom is -0.466 e. The summed E-state index contributed by atoms with van der Waals surface area (Å²) in [5, 5.41) is 10.4. The van der Waals surface area contributed by atoms with Crippen molar-refractivity contribution in [2.75, 3.05) is 19.8 Å². The van der Waals surface area contributed by atoms with Gasteiger partial charge in [0.05, 0.1) is 32.2 Å². The zero-order valence-corrected chi connectivity index (χ0v) is 12.3. The van der Waals surface area contributed by atoms with Crippen molar-refractivity contribution < 1.29 is 33.7 Å². The van der Waals surface area contributed by atoms with Gasteiger partial charge in [-0.3, -0.25) is 9.59 Å². The highest BCUT2D eigenvalue weighted by Crippen LogP contribution is 2.25. The van der Waals surface area contributed by atoms with E-state index in [1.54, 1.807) is 20.8 Å². The monoisotopic (exact) mass is 290 g/mol. The summed E-state index contributed by atoms with van der Waals surface area (Å²) in [6, 6.07) is 0. The molecule has 0 amide bonds. The fourth-order valence-electron chi connectivity index (χ4n) is 1.55. The minimum absolute atomic E-state index is 0.0134. The molecular formula is C13H22O7. The van der Waals surface area contributed by atoms with E-state index >= 15 is 0 Å². The maximum atomic E-state index is 11.9. The lowest BCUT2D eigenvalue weighted by Gasteiger charge is -2.29. The Hall–Kier alpha value is -1.63. The fraction of sp³-hybridized carbons (Fsp3) is 0.769. The fourth-order valence-corrected chi connectivity index (χ4v) is 1.55. The van der Waals surface area contributed by atoms with Crippen molar-refractivity contribution in [3.05, 3.63) is 0 Å². The second-order valence-electron chi connectivity index (χ2n) is 4.10. The summed E-state index contributed by atoms with van der Waals surface area (Å²) in [5.74, 6) is -3.87. The van der Waals surface area contributed by atoms with Gasteiger partial charge in [0, 0.05) is 0 Å². The maximum Gasteiger partial charge on any atom is 0.339 e. The molecule has 2 atom stereocenters. The number of carbonyl (C=O) groups is 3. The first-order valence-electron chi connectivity index (χ1n) is 6.55. The molecule has 0 heterocycles. The van der Waals surface area contributed by atoms with Crippen molar-refractivity contribution in [3.63, 3.8) is 0 Å². The molecule has 7 nitrogen and oxygen atoms in total. The molecule has 0 spiro atoms. The van der Waals surface area contributed by atoms with E-state index < -0.39 is 35.8 Å². The number of rotatable bonds is 8. The van der Waals surface area contributed by atoms with Gasteiger partial charge in [-0.15, -0.1) is 0 Å². The highest BCUT2D eigenvalue weighted by atomic mass is 16.6. The third-order valence-electron chi connectivity index (χ3n) is 2.70. The van der Waals surface area contributed by atoms with E-state index in [-0.39, 0.29) is 19.8 Å². The van der Waals surface area contributed by atoms with Gasteiger partial charge in [0.25, 0.3) is 0 Å². The molecule has 0 saturated heterocycles. The summed E-state index contributed by atoms with van der Waals surface area (Å²) in [5.41, 5.74) is -2.30. The van der Waals surface area contributed by atoms with Crippen molar-refractivity contribution >= 4 is 17.9 Å². The average molecular weight is 290 g/mol. The molecule has 0 fully saturated rings. The minimum atomic E-state index is -2.30. The zero-order valence-electron chi connectivity index (χ0n) is 12.3. The van der Waals surface area contributed by atoms with Crippen molar-refractivity contribution in [3.8, 4) is 0 Å². The van der Waals surface area contributed by atoms with Crippen LogP contribution in [0, 0.1) is 5.92 Å². The summed E-state index contributed by atoms with van der Waals surface area (Å²) >= 11 is 0. The molecule has 20 heavy (non-hydrogen) atoms. The van der Waals surface area contributed by atoms with E-state index in [9.17, 15) is 19.5 Å². The van der Waals surface area contributed by atoms with E-state index in [0.717, 1.165) is 0 Å². The number of ether oxygens (including phenoxy) is 3. The van der Waals surface area contributed by atoms with Crippen molar-refractivity contribution in [1.82, 2.24) is 0 Å². The number of hydrogen-bond donors (Lipinski definition) is 1. The van der Waals surface area contributed by atoms with E-state index in [1.165, 1.54) is 6.92 Å². The van der Waals surface area contributed by atoms with Crippen LogP contribution in [0.2, 0.25) is 0 Å². The summed E-state index contributed by atoms with van der Waals surface area (Å²) in [7, 11) is 0. The molecule has 0 aromatic carbocycles. The molecule has 0 bridgehead atoms. The summed E-state index contributed by atoms with van der Waals surface area (Å²) in [6.45, 7) is 6.26. The van der Waals surface area contributed by atoms with Gasteiger partial charge in [0.1, 0.15) is 0 Å². The molecule has 0 saturated carbocycles. The Labute approximate surface area is 118 Å². The first-order valence-corrected chi connectivity index (χ1v) is 6.55. The Morgan fingerprint density at radius 1 is 1.00 bits per heavy atom. The topological polar surface area (TPSA) is 99.1 Å². The highest BCUT2D eigenvalue weighted by molar-refractivity contribution is 5.91. The van der Waals surface area contributed by atoms with Crippen LogP contribution in [0.3, 0.4) is 0 Å². The first kappa shape index (κ1) is 18.4. The predicted octanol–water partition coefficient (Wildman–Crippen LogP) is 0.433. The molecule has 116 valence electrons. The molecule has 0 aliphatic rings. The van der Waals surface area contributed by atoms with Crippen LogP contribution >= 0.6 is 0 Å². The van der Waals surface area contributed by atoms with Gasteiger partial charge < -0.3 is 19.3 Å². The lowest BCUT2D eigenvalue weighted by molar-refractivity contribution is -0.184. The summed E-state index contributed by atoms with van der Waals surface area (Å²) in [6.07, 6.45) is -0.667. The lowest BCUT2D eigenvalue weighted by atomic mass is 9.85. The maximum absolute atomic E-state index is 11.9. The van der Waals surface area contributed by atoms with Crippen LogP contribution in [-0.4, -0.2) is 48.4 Å². The summed E-state index contributed by atoms with van der Waals surface area (Å²) < 4.78 is 14.2. The Bertz CT molecular complexity index is 353. The van der Waals surface area contributed by atoms with Gasteiger partial charge in [0.15, 0.2) is 5.60 Å². The standard InChI is InChI=1S/C13H22O7/c1-5-18-10(14)8-13(17,12(16)20-7-3)9(4)11(15)19-6-2/h9,17H,5-8H2,1-4H3. The largest absolute Gasteiger partial charge is 0.466 e. The molecular weight excluding hydrogens is 268 g/mol. The van der Waals surface area contributed by atoms with Crippen LogP contribution in [-0.2, 0) is 28.6 Å². The predicted molar refractivity (Wildman–Crippen MR) is 68.6 cm³/mol. The second kappa shape index (κ2) is 8.52. The molecule has 0 aliphatic heterocycles. The molecule has 0 aromatic rings. The molecule has 7 heteroatoms. The van der Waals surface area contributed by atoms with Crippen molar-refractivity contribution in [2.24, 2.45) is 5.92 Å². The van der Waals surface area contributed by atoms with E-state index in [2.05, 4.69) is 0 Å². The van der Waals surface area contributed by atoms with Crippen molar-refractivity contribution in [2.45, 2.75) is 39.7 Å². The van der Waals surface area contributed by atoms with Crippen LogP contribution in [0.1, 0.15) is 34.1 Å². The molecule has 1 N–H and O–H groups in total. The number of esters is 3. The third kappa shape index (κ3) is 4.80. The number of hydrogen-bond acceptors (Lipinski definition) is 7. The Balaban J connectivity index is 5.18. The normalized spacial score (nSPS) is 14.8. The SMILES string of the molecule is CCOC(=O)CC(O)(C(=O)OCC)C(C)C(=O)OCC. The molecule has 0 radical (unpaired) electrons. The first-order chi connectivity index (χ1) is 9.33.